The maximum absolute atomic E-state index is 12.5. The number of amides is 1. The molecule has 5 nitrogen and oxygen atoms in total. The molecular formula is C19H22ClN3O2. The summed E-state index contributed by atoms with van der Waals surface area (Å²) in [6, 6.07) is 7.51. The summed E-state index contributed by atoms with van der Waals surface area (Å²) in [7, 11) is 0. The molecule has 2 aliphatic rings. The fourth-order valence-corrected chi connectivity index (χ4v) is 3.44. The average Bonchev–Trinajstić information content (AvgIpc) is 3.35. The van der Waals surface area contributed by atoms with Crippen molar-refractivity contribution in [2.24, 2.45) is 0 Å². The van der Waals surface area contributed by atoms with Crippen LogP contribution in [0.15, 0.2) is 34.9 Å². The van der Waals surface area contributed by atoms with Crippen LogP contribution in [0.1, 0.15) is 36.0 Å². The fraction of sp³-hybridized carbons (Fsp3) is 0.474. The third-order valence-electron chi connectivity index (χ3n) is 4.85. The van der Waals surface area contributed by atoms with Crippen LogP contribution in [0.2, 0.25) is 5.02 Å². The molecule has 1 saturated heterocycles. The van der Waals surface area contributed by atoms with E-state index in [0.29, 0.717) is 17.4 Å². The number of hydrogen-bond acceptors (Lipinski definition) is 4. The lowest BCUT2D eigenvalue weighted by atomic mass is 10.1. The van der Waals surface area contributed by atoms with Crippen molar-refractivity contribution in [1.82, 2.24) is 14.8 Å². The summed E-state index contributed by atoms with van der Waals surface area (Å²) in [6.07, 6.45) is 4.67. The van der Waals surface area contributed by atoms with Gasteiger partial charge in [0.2, 0.25) is 5.91 Å². The zero-order valence-corrected chi connectivity index (χ0v) is 14.9. The van der Waals surface area contributed by atoms with Crippen molar-refractivity contribution in [1.29, 1.82) is 0 Å². The van der Waals surface area contributed by atoms with Crippen LogP contribution in [0, 0.1) is 0 Å². The number of halogens is 1. The number of hydrogen-bond donors (Lipinski definition) is 0. The average molecular weight is 360 g/mol. The SMILES string of the molecule is O=C(Cc1cccc(Cl)c1)N1CCN(Cc2cnc(C3CC3)o2)CC1. The van der Waals surface area contributed by atoms with Gasteiger partial charge in [-0.3, -0.25) is 9.69 Å². The minimum Gasteiger partial charge on any atom is -0.444 e. The number of rotatable bonds is 5. The van der Waals surface area contributed by atoms with E-state index in [2.05, 4.69) is 9.88 Å². The van der Waals surface area contributed by atoms with E-state index in [9.17, 15) is 4.79 Å². The van der Waals surface area contributed by atoms with Crippen LogP contribution in [-0.4, -0.2) is 46.9 Å². The zero-order chi connectivity index (χ0) is 17.2. The van der Waals surface area contributed by atoms with Crippen molar-refractivity contribution in [3.63, 3.8) is 0 Å². The minimum absolute atomic E-state index is 0.164. The molecule has 0 unspecified atom stereocenters. The number of carbonyl (C=O) groups excluding carboxylic acids is 1. The Morgan fingerprint density at radius 1 is 1.24 bits per heavy atom. The molecule has 132 valence electrons. The Morgan fingerprint density at radius 2 is 2.04 bits per heavy atom. The zero-order valence-electron chi connectivity index (χ0n) is 14.2. The molecule has 25 heavy (non-hydrogen) atoms. The maximum Gasteiger partial charge on any atom is 0.227 e. The monoisotopic (exact) mass is 359 g/mol. The largest absolute Gasteiger partial charge is 0.444 e. The number of nitrogens with zero attached hydrogens (tertiary/aromatic N) is 3. The van der Waals surface area contributed by atoms with Crippen molar-refractivity contribution in [3.8, 4) is 0 Å². The van der Waals surface area contributed by atoms with Crippen LogP contribution in [0.4, 0.5) is 0 Å². The second-order valence-corrected chi connectivity index (χ2v) is 7.34. The number of carbonyl (C=O) groups is 1. The molecule has 2 heterocycles. The van der Waals surface area contributed by atoms with Gasteiger partial charge in [-0.1, -0.05) is 23.7 Å². The standard InChI is InChI=1S/C19H22ClN3O2/c20-16-3-1-2-14(10-16)11-18(24)23-8-6-22(7-9-23)13-17-12-21-19(25-17)15-4-5-15/h1-3,10,12,15H,4-9,11,13H2. The van der Waals surface area contributed by atoms with Crippen molar-refractivity contribution in [3.05, 3.63) is 52.7 Å². The molecule has 2 fully saturated rings. The summed E-state index contributed by atoms with van der Waals surface area (Å²) >= 11 is 5.99. The Balaban J connectivity index is 1.26. The molecule has 2 aromatic rings. The van der Waals surface area contributed by atoms with E-state index in [4.69, 9.17) is 16.0 Å². The molecule has 0 radical (unpaired) electrons. The molecule has 4 rings (SSSR count). The van der Waals surface area contributed by atoms with E-state index in [1.165, 1.54) is 12.8 Å². The van der Waals surface area contributed by atoms with Gasteiger partial charge in [0.15, 0.2) is 5.89 Å². The number of aromatic nitrogens is 1. The first-order chi connectivity index (χ1) is 12.2. The molecule has 0 N–H and O–H groups in total. The Kier molecular flexibility index (Phi) is 4.77. The van der Waals surface area contributed by atoms with E-state index in [1.54, 1.807) is 0 Å². The molecule has 1 aromatic heterocycles. The van der Waals surface area contributed by atoms with Gasteiger partial charge in [-0.2, -0.15) is 0 Å². The van der Waals surface area contributed by atoms with Gasteiger partial charge in [0.25, 0.3) is 0 Å². The van der Waals surface area contributed by atoms with E-state index in [-0.39, 0.29) is 5.91 Å². The van der Waals surface area contributed by atoms with Crippen LogP contribution in [0.25, 0.3) is 0 Å². The fourth-order valence-electron chi connectivity index (χ4n) is 3.22. The summed E-state index contributed by atoms with van der Waals surface area (Å²) in [4.78, 5) is 21.1. The van der Waals surface area contributed by atoms with E-state index >= 15 is 0 Å². The highest BCUT2D eigenvalue weighted by Gasteiger charge is 2.29. The first-order valence-corrected chi connectivity index (χ1v) is 9.24. The van der Waals surface area contributed by atoms with Crippen LogP contribution < -0.4 is 0 Å². The molecular weight excluding hydrogens is 338 g/mol. The predicted octanol–water partition coefficient (Wildman–Crippen LogP) is 3.09. The molecule has 1 aliphatic carbocycles. The highest BCUT2D eigenvalue weighted by atomic mass is 35.5. The van der Waals surface area contributed by atoms with E-state index < -0.39 is 0 Å². The summed E-state index contributed by atoms with van der Waals surface area (Å²) in [5, 5.41) is 0.674. The summed E-state index contributed by atoms with van der Waals surface area (Å²) in [5.74, 6) is 2.54. The molecule has 1 saturated carbocycles. The lowest BCUT2D eigenvalue weighted by Crippen LogP contribution is -2.48. The van der Waals surface area contributed by atoms with Gasteiger partial charge in [-0.05, 0) is 30.5 Å². The normalized spacial score (nSPS) is 18.5. The van der Waals surface area contributed by atoms with Gasteiger partial charge < -0.3 is 9.32 Å². The maximum atomic E-state index is 12.5. The first kappa shape index (κ1) is 16.6. The Hall–Kier alpha value is -1.85. The van der Waals surface area contributed by atoms with Gasteiger partial charge in [0.05, 0.1) is 19.2 Å². The first-order valence-electron chi connectivity index (χ1n) is 8.86. The summed E-state index contributed by atoms with van der Waals surface area (Å²) < 4.78 is 5.83. The van der Waals surface area contributed by atoms with Gasteiger partial charge in [-0.25, -0.2) is 4.98 Å². The Labute approximate surface area is 152 Å². The Bertz CT molecular complexity index is 749. The quantitative estimate of drug-likeness (QED) is 0.823. The number of benzene rings is 1. The van der Waals surface area contributed by atoms with Crippen molar-refractivity contribution in [2.45, 2.75) is 31.7 Å². The molecule has 0 spiro atoms. The van der Waals surface area contributed by atoms with Crippen LogP contribution in [0.5, 0.6) is 0 Å². The number of oxazole rings is 1. The molecule has 1 aliphatic heterocycles. The molecule has 0 bridgehead atoms. The van der Waals surface area contributed by atoms with Gasteiger partial charge >= 0.3 is 0 Å². The van der Waals surface area contributed by atoms with Crippen molar-refractivity contribution < 1.29 is 9.21 Å². The summed E-state index contributed by atoms with van der Waals surface area (Å²) in [6.45, 7) is 4.00. The van der Waals surface area contributed by atoms with Gasteiger partial charge in [0.1, 0.15) is 5.76 Å². The highest BCUT2D eigenvalue weighted by Crippen LogP contribution is 2.39. The van der Waals surface area contributed by atoms with Crippen LogP contribution in [0.3, 0.4) is 0 Å². The molecule has 6 heteroatoms. The predicted molar refractivity (Wildman–Crippen MR) is 95.5 cm³/mol. The van der Waals surface area contributed by atoms with E-state index in [0.717, 1.165) is 49.9 Å². The van der Waals surface area contributed by atoms with Crippen LogP contribution >= 0.6 is 11.6 Å². The van der Waals surface area contributed by atoms with E-state index in [1.807, 2.05) is 35.4 Å². The molecule has 1 amide bonds. The Morgan fingerprint density at radius 3 is 2.76 bits per heavy atom. The van der Waals surface area contributed by atoms with Crippen LogP contribution in [-0.2, 0) is 17.8 Å². The lowest BCUT2D eigenvalue weighted by Gasteiger charge is -2.34. The second-order valence-electron chi connectivity index (χ2n) is 6.90. The lowest BCUT2D eigenvalue weighted by molar-refractivity contribution is -0.132. The second kappa shape index (κ2) is 7.18. The molecule has 1 aromatic carbocycles. The third-order valence-corrected chi connectivity index (χ3v) is 5.08. The van der Waals surface area contributed by atoms with Crippen molar-refractivity contribution >= 4 is 17.5 Å². The summed E-state index contributed by atoms with van der Waals surface area (Å²) in [5.41, 5.74) is 0.967. The smallest absolute Gasteiger partial charge is 0.227 e. The highest BCUT2D eigenvalue weighted by molar-refractivity contribution is 6.30. The number of piperazine rings is 1. The minimum atomic E-state index is 0.164. The van der Waals surface area contributed by atoms with Crippen molar-refractivity contribution in [2.75, 3.05) is 26.2 Å². The third kappa shape index (κ3) is 4.22. The molecule has 0 atom stereocenters. The topological polar surface area (TPSA) is 49.6 Å². The van der Waals surface area contributed by atoms with Gasteiger partial charge in [0, 0.05) is 37.1 Å². The van der Waals surface area contributed by atoms with Gasteiger partial charge in [-0.15, -0.1) is 0 Å².